The highest BCUT2D eigenvalue weighted by Gasteiger charge is 2.53. The van der Waals surface area contributed by atoms with Crippen LogP contribution in [0, 0.1) is 40.4 Å². The predicted octanol–water partition coefficient (Wildman–Crippen LogP) is 3.34. The summed E-state index contributed by atoms with van der Waals surface area (Å²) in [7, 11) is 0. The van der Waals surface area contributed by atoms with Crippen LogP contribution >= 0.6 is 11.6 Å². The lowest BCUT2D eigenvalue weighted by Crippen LogP contribution is -2.49. The normalized spacial score (nSPS) is 36.2. The summed E-state index contributed by atoms with van der Waals surface area (Å²) in [6.45, 7) is 0. The first kappa shape index (κ1) is 13.0. The molecule has 0 spiro atoms. The third-order valence-electron chi connectivity index (χ3n) is 5.61. The average molecular weight is 299 g/mol. The van der Waals surface area contributed by atoms with E-state index in [0.717, 1.165) is 42.7 Å². The Labute approximate surface area is 128 Å². The van der Waals surface area contributed by atoms with E-state index < -0.39 is 0 Å². The predicted molar refractivity (Wildman–Crippen MR) is 76.3 cm³/mol. The second kappa shape index (κ2) is 4.42. The molecule has 0 saturated heterocycles. The number of nitrogens with zero attached hydrogens (tertiary/aromatic N) is 4. The zero-order valence-corrected chi connectivity index (χ0v) is 12.4. The van der Waals surface area contributed by atoms with Gasteiger partial charge in [-0.3, -0.25) is 0 Å². The maximum atomic E-state index is 9.20. The second-order valence-electron chi connectivity index (χ2n) is 6.98. The van der Waals surface area contributed by atoms with Gasteiger partial charge in [0.2, 0.25) is 0 Å². The number of hydrogen-bond donors (Lipinski definition) is 0. The van der Waals surface area contributed by atoms with Crippen LogP contribution in [-0.4, -0.2) is 9.97 Å². The van der Waals surface area contributed by atoms with E-state index in [1.807, 2.05) is 12.1 Å². The molecule has 4 aliphatic carbocycles. The molecule has 5 rings (SSSR count). The largest absolute Gasteiger partial charge is 0.235 e. The molecule has 0 radical (unpaired) electrons. The molecule has 1 aromatic rings. The van der Waals surface area contributed by atoms with Crippen molar-refractivity contribution < 1.29 is 0 Å². The molecule has 5 heteroatoms. The van der Waals surface area contributed by atoms with E-state index in [4.69, 9.17) is 16.9 Å². The topological polar surface area (TPSA) is 73.4 Å². The van der Waals surface area contributed by atoms with Gasteiger partial charge in [-0.25, -0.2) is 9.97 Å². The molecule has 106 valence electrons. The second-order valence-corrected chi connectivity index (χ2v) is 7.34. The Morgan fingerprint density at radius 2 is 1.38 bits per heavy atom. The first-order valence-electron chi connectivity index (χ1n) is 7.52. The Hall–Kier alpha value is -1.65. The van der Waals surface area contributed by atoms with Crippen molar-refractivity contribution >= 4 is 11.6 Å². The molecular weight excluding hydrogens is 284 g/mol. The van der Waals surface area contributed by atoms with E-state index in [0.29, 0.717) is 5.15 Å². The van der Waals surface area contributed by atoms with E-state index in [-0.39, 0.29) is 16.8 Å². The van der Waals surface area contributed by atoms with Crippen molar-refractivity contribution in [2.45, 2.75) is 43.9 Å². The van der Waals surface area contributed by atoms with Crippen LogP contribution in [0.15, 0.2) is 0 Å². The van der Waals surface area contributed by atoms with Gasteiger partial charge in [0.25, 0.3) is 0 Å². The zero-order chi connectivity index (χ0) is 14.6. The summed E-state index contributed by atoms with van der Waals surface area (Å²) in [6, 6.07) is 3.90. The van der Waals surface area contributed by atoms with Crippen LogP contribution in [0.25, 0.3) is 0 Å². The molecule has 4 aliphatic rings. The Bertz CT molecular complexity index is 662. The van der Waals surface area contributed by atoms with Gasteiger partial charge in [0.05, 0.1) is 5.69 Å². The Morgan fingerprint density at radius 1 is 0.905 bits per heavy atom. The molecule has 0 unspecified atom stereocenters. The quantitative estimate of drug-likeness (QED) is 0.797. The number of aromatic nitrogens is 2. The Kier molecular flexibility index (Phi) is 2.75. The lowest BCUT2D eigenvalue weighted by Gasteiger charge is -2.56. The number of rotatable bonds is 1. The summed E-state index contributed by atoms with van der Waals surface area (Å²) in [4.78, 5) is 8.61. The van der Waals surface area contributed by atoms with E-state index in [2.05, 4.69) is 9.97 Å². The summed E-state index contributed by atoms with van der Waals surface area (Å²) < 4.78 is 0. The molecule has 0 aromatic carbocycles. The molecule has 4 saturated carbocycles. The molecule has 0 aliphatic heterocycles. The van der Waals surface area contributed by atoms with E-state index >= 15 is 0 Å². The molecule has 0 atom stereocenters. The fourth-order valence-corrected chi connectivity index (χ4v) is 5.64. The summed E-state index contributed by atoms with van der Waals surface area (Å²) in [5.74, 6) is 2.32. The summed E-state index contributed by atoms with van der Waals surface area (Å²) in [6.07, 6.45) is 7.36. The average Bonchev–Trinajstić information content (AvgIpc) is 2.45. The summed E-state index contributed by atoms with van der Waals surface area (Å²) in [5, 5.41) is 18.6. The first-order chi connectivity index (χ1) is 10.1. The van der Waals surface area contributed by atoms with Gasteiger partial charge in [0, 0.05) is 5.41 Å². The highest BCUT2D eigenvalue weighted by Crippen LogP contribution is 2.61. The highest BCUT2D eigenvalue weighted by atomic mass is 35.5. The third kappa shape index (κ3) is 1.86. The van der Waals surface area contributed by atoms with Gasteiger partial charge in [-0.2, -0.15) is 10.5 Å². The molecule has 4 nitrogen and oxygen atoms in total. The fraction of sp³-hybridized carbons (Fsp3) is 0.625. The highest BCUT2D eigenvalue weighted by molar-refractivity contribution is 6.30. The van der Waals surface area contributed by atoms with Gasteiger partial charge in [-0.15, -0.1) is 0 Å². The molecule has 4 fully saturated rings. The van der Waals surface area contributed by atoms with Gasteiger partial charge in [0.15, 0.2) is 16.5 Å². The van der Waals surface area contributed by atoms with Gasteiger partial charge in [0.1, 0.15) is 12.1 Å². The van der Waals surface area contributed by atoms with Crippen LogP contribution in [0.4, 0.5) is 0 Å². The van der Waals surface area contributed by atoms with Crippen molar-refractivity contribution in [3.8, 4) is 12.1 Å². The number of halogens is 1. The maximum absolute atomic E-state index is 9.20. The van der Waals surface area contributed by atoms with Crippen molar-refractivity contribution in [1.82, 2.24) is 9.97 Å². The zero-order valence-electron chi connectivity index (χ0n) is 11.6. The van der Waals surface area contributed by atoms with Gasteiger partial charge in [-0.1, -0.05) is 11.6 Å². The van der Waals surface area contributed by atoms with E-state index in [1.165, 1.54) is 19.3 Å². The Balaban J connectivity index is 1.84. The molecule has 4 bridgehead atoms. The minimum atomic E-state index is -0.00157. The molecule has 0 N–H and O–H groups in total. The van der Waals surface area contributed by atoms with Crippen LogP contribution in [0.3, 0.4) is 0 Å². The third-order valence-corrected chi connectivity index (χ3v) is 5.87. The minimum Gasteiger partial charge on any atom is -0.235 e. The number of nitriles is 2. The van der Waals surface area contributed by atoms with E-state index in [9.17, 15) is 5.26 Å². The van der Waals surface area contributed by atoms with Crippen LogP contribution in [0.2, 0.25) is 5.15 Å². The summed E-state index contributed by atoms with van der Waals surface area (Å²) in [5.41, 5.74) is 0.931. The van der Waals surface area contributed by atoms with Crippen LogP contribution in [0.5, 0.6) is 0 Å². The lowest BCUT2D eigenvalue weighted by molar-refractivity contribution is -0.00734. The van der Waals surface area contributed by atoms with Crippen molar-refractivity contribution in [3.05, 3.63) is 22.2 Å². The Morgan fingerprint density at radius 3 is 1.86 bits per heavy atom. The van der Waals surface area contributed by atoms with Crippen molar-refractivity contribution in [3.63, 3.8) is 0 Å². The van der Waals surface area contributed by atoms with Crippen molar-refractivity contribution in [2.75, 3.05) is 0 Å². The molecule has 0 amide bonds. The SMILES string of the molecule is N#Cc1nc(Cl)c(C23CC4CC(CC(C4)C2)C3)nc1C#N. The maximum Gasteiger partial charge on any atom is 0.178 e. The van der Waals surface area contributed by atoms with Gasteiger partial charge >= 0.3 is 0 Å². The summed E-state index contributed by atoms with van der Waals surface area (Å²) >= 11 is 6.34. The van der Waals surface area contributed by atoms with Gasteiger partial charge < -0.3 is 0 Å². The molecule has 1 heterocycles. The molecule has 1 aromatic heterocycles. The van der Waals surface area contributed by atoms with Crippen LogP contribution in [-0.2, 0) is 5.41 Å². The molecular formula is C16H15ClN4. The first-order valence-corrected chi connectivity index (χ1v) is 7.89. The number of hydrogen-bond acceptors (Lipinski definition) is 4. The fourth-order valence-electron chi connectivity index (χ4n) is 5.31. The van der Waals surface area contributed by atoms with Gasteiger partial charge in [-0.05, 0) is 56.3 Å². The standard InChI is InChI=1S/C16H15ClN4/c17-15-14(20-12(7-18)13(8-19)21-15)16-4-9-1-10(5-16)3-11(2-9)6-16/h9-11H,1-6H2. The van der Waals surface area contributed by atoms with Crippen LogP contribution in [0.1, 0.15) is 55.6 Å². The smallest absolute Gasteiger partial charge is 0.178 e. The van der Waals surface area contributed by atoms with Crippen molar-refractivity contribution in [2.24, 2.45) is 17.8 Å². The minimum absolute atomic E-state index is 0.00157. The molecule has 21 heavy (non-hydrogen) atoms. The van der Waals surface area contributed by atoms with Crippen molar-refractivity contribution in [1.29, 1.82) is 10.5 Å². The lowest BCUT2D eigenvalue weighted by atomic mass is 9.49. The van der Waals surface area contributed by atoms with E-state index in [1.54, 1.807) is 0 Å². The van der Waals surface area contributed by atoms with Crippen LogP contribution < -0.4 is 0 Å². The monoisotopic (exact) mass is 298 g/mol.